The van der Waals surface area contributed by atoms with Gasteiger partial charge in [0.1, 0.15) is 5.82 Å². The molecule has 0 aromatic heterocycles. The van der Waals surface area contributed by atoms with E-state index in [1.54, 1.807) is 0 Å². The maximum Gasteiger partial charge on any atom is 0.416 e. The summed E-state index contributed by atoms with van der Waals surface area (Å²) in [7, 11) is 0. The molecule has 3 nitrogen and oxygen atoms in total. The summed E-state index contributed by atoms with van der Waals surface area (Å²) >= 11 is 0. The smallest absolute Gasteiger partial charge is 0.270 e. The number of imide groups is 1. The molecule has 0 radical (unpaired) electrons. The molecule has 118 valence electrons. The third-order valence-corrected chi connectivity index (χ3v) is 3.62. The minimum atomic E-state index is -4.78. The molecule has 7 heteroatoms. The first-order valence-electron chi connectivity index (χ1n) is 6.60. The van der Waals surface area contributed by atoms with Crippen LogP contribution in [0.5, 0.6) is 0 Å². The van der Waals surface area contributed by atoms with E-state index in [1.165, 1.54) is 24.3 Å². The number of halogens is 4. The first-order valence-corrected chi connectivity index (χ1v) is 6.60. The topological polar surface area (TPSA) is 37.4 Å². The van der Waals surface area contributed by atoms with E-state index in [1.807, 2.05) is 0 Å². The van der Waals surface area contributed by atoms with E-state index < -0.39 is 41.5 Å². The molecule has 0 atom stereocenters. The Bertz CT molecular complexity index is 779. The molecular formula is C16H9F4NO2. The Morgan fingerprint density at radius 1 is 0.870 bits per heavy atom. The third-order valence-electron chi connectivity index (χ3n) is 3.62. The fourth-order valence-corrected chi connectivity index (χ4v) is 2.53. The molecule has 1 aliphatic heterocycles. The predicted molar refractivity (Wildman–Crippen MR) is 72.0 cm³/mol. The van der Waals surface area contributed by atoms with Gasteiger partial charge in [0.15, 0.2) is 0 Å². The van der Waals surface area contributed by atoms with E-state index >= 15 is 0 Å². The van der Waals surface area contributed by atoms with Crippen LogP contribution < -0.4 is 0 Å². The lowest BCUT2D eigenvalue weighted by Gasteiger charge is -2.18. The van der Waals surface area contributed by atoms with Crippen LogP contribution in [0, 0.1) is 5.82 Å². The summed E-state index contributed by atoms with van der Waals surface area (Å²) in [6.07, 6.45) is -4.78. The van der Waals surface area contributed by atoms with Crippen molar-refractivity contribution in [2.75, 3.05) is 0 Å². The molecule has 0 N–H and O–H groups in total. The van der Waals surface area contributed by atoms with Gasteiger partial charge in [0.2, 0.25) is 0 Å². The average Bonchev–Trinajstić information content (AvgIpc) is 2.73. The number of amides is 2. The number of carbonyl (C=O) groups is 2. The van der Waals surface area contributed by atoms with Gasteiger partial charge < -0.3 is 0 Å². The van der Waals surface area contributed by atoms with Crippen LogP contribution in [0.4, 0.5) is 17.6 Å². The highest BCUT2D eigenvalue weighted by atomic mass is 19.4. The van der Waals surface area contributed by atoms with Gasteiger partial charge in [-0.3, -0.25) is 14.5 Å². The monoisotopic (exact) mass is 323 g/mol. The second kappa shape index (κ2) is 5.19. The fourth-order valence-electron chi connectivity index (χ4n) is 2.53. The lowest BCUT2D eigenvalue weighted by atomic mass is 10.1. The highest BCUT2D eigenvalue weighted by Gasteiger charge is 2.39. The molecule has 0 bridgehead atoms. The minimum Gasteiger partial charge on any atom is -0.270 e. The van der Waals surface area contributed by atoms with E-state index in [9.17, 15) is 27.2 Å². The van der Waals surface area contributed by atoms with Gasteiger partial charge in [-0.1, -0.05) is 18.2 Å². The summed E-state index contributed by atoms with van der Waals surface area (Å²) in [5, 5.41) is 0. The van der Waals surface area contributed by atoms with Crippen LogP contribution >= 0.6 is 0 Å². The highest BCUT2D eigenvalue weighted by molar-refractivity contribution is 6.21. The number of rotatable bonds is 2. The Labute approximate surface area is 128 Å². The molecule has 0 saturated carbocycles. The Balaban J connectivity index is 2.02. The molecule has 2 aromatic rings. The zero-order valence-corrected chi connectivity index (χ0v) is 11.5. The predicted octanol–water partition coefficient (Wildman–Crippen LogP) is 3.64. The standard InChI is InChI=1S/C16H9F4NO2/c17-13-7-3-6-12(16(18,19)20)11(13)8-21-14(22)9-4-1-2-5-10(9)15(21)23/h1-7H,8H2. The molecule has 0 saturated heterocycles. The number of alkyl halides is 3. The van der Waals surface area contributed by atoms with Crippen molar-refractivity contribution < 1.29 is 27.2 Å². The summed E-state index contributed by atoms with van der Waals surface area (Å²) in [5.41, 5.74) is -1.73. The summed E-state index contributed by atoms with van der Waals surface area (Å²) < 4.78 is 52.9. The van der Waals surface area contributed by atoms with Gasteiger partial charge in [-0.2, -0.15) is 13.2 Å². The Kier molecular flexibility index (Phi) is 3.43. The summed E-state index contributed by atoms with van der Waals surface area (Å²) in [6.45, 7) is -0.770. The van der Waals surface area contributed by atoms with Crippen molar-refractivity contribution in [2.24, 2.45) is 0 Å². The molecule has 1 aliphatic rings. The van der Waals surface area contributed by atoms with Crippen molar-refractivity contribution in [3.05, 3.63) is 70.5 Å². The number of carbonyl (C=O) groups excluding carboxylic acids is 2. The van der Waals surface area contributed by atoms with Gasteiger partial charge in [0.05, 0.1) is 23.2 Å². The van der Waals surface area contributed by atoms with Crippen molar-refractivity contribution in [3.63, 3.8) is 0 Å². The maximum atomic E-state index is 13.9. The van der Waals surface area contributed by atoms with Crippen LogP contribution in [0.1, 0.15) is 31.8 Å². The molecular weight excluding hydrogens is 314 g/mol. The third kappa shape index (κ3) is 2.48. The normalized spacial score (nSPS) is 14.3. The summed E-state index contributed by atoms with van der Waals surface area (Å²) in [5.74, 6) is -2.58. The van der Waals surface area contributed by atoms with E-state index in [0.717, 1.165) is 18.2 Å². The van der Waals surface area contributed by atoms with Gasteiger partial charge >= 0.3 is 6.18 Å². The zero-order chi connectivity index (χ0) is 16.8. The van der Waals surface area contributed by atoms with Crippen molar-refractivity contribution in [3.8, 4) is 0 Å². The number of hydrogen-bond donors (Lipinski definition) is 0. The summed E-state index contributed by atoms with van der Waals surface area (Å²) in [4.78, 5) is 25.0. The van der Waals surface area contributed by atoms with Gasteiger partial charge in [-0.05, 0) is 24.3 Å². The SMILES string of the molecule is O=C1c2ccccc2C(=O)N1Cc1c(F)cccc1C(F)(F)F. The fraction of sp³-hybridized carbons (Fsp3) is 0.125. The van der Waals surface area contributed by atoms with Crippen molar-refractivity contribution in [1.29, 1.82) is 0 Å². The van der Waals surface area contributed by atoms with Crippen LogP contribution in [-0.2, 0) is 12.7 Å². The van der Waals surface area contributed by atoms with Crippen LogP contribution in [0.2, 0.25) is 0 Å². The summed E-state index contributed by atoms with van der Waals surface area (Å²) in [6, 6.07) is 8.40. The largest absolute Gasteiger partial charge is 0.416 e. The van der Waals surface area contributed by atoms with Crippen LogP contribution in [0.25, 0.3) is 0 Å². The van der Waals surface area contributed by atoms with Crippen LogP contribution in [0.3, 0.4) is 0 Å². The molecule has 0 aliphatic carbocycles. The lowest BCUT2D eigenvalue weighted by Crippen LogP contribution is -2.30. The number of nitrogens with zero attached hydrogens (tertiary/aromatic N) is 1. The molecule has 0 spiro atoms. The first-order chi connectivity index (χ1) is 10.8. The van der Waals surface area contributed by atoms with E-state index in [-0.39, 0.29) is 11.1 Å². The Morgan fingerprint density at radius 3 is 1.96 bits per heavy atom. The molecule has 23 heavy (non-hydrogen) atoms. The number of hydrogen-bond acceptors (Lipinski definition) is 2. The quantitative estimate of drug-likeness (QED) is 0.625. The molecule has 1 heterocycles. The molecule has 0 unspecified atom stereocenters. The van der Waals surface area contributed by atoms with Crippen molar-refractivity contribution in [2.45, 2.75) is 12.7 Å². The second-order valence-corrected chi connectivity index (χ2v) is 5.01. The number of fused-ring (bicyclic) bond motifs is 1. The van der Waals surface area contributed by atoms with E-state index in [2.05, 4.69) is 0 Å². The average molecular weight is 323 g/mol. The minimum absolute atomic E-state index is 0.0994. The Morgan fingerprint density at radius 2 is 1.43 bits per heavy atom. The van der Waals surface area contributed by atoms with Gasteiger partial charge in [-0.25, -0.2) is 4.39 Å². The van der Waals surface area contributed by atoms with Gasteiger partial charge in [-0.15, -0.1) is 0 Å². The molecule has 3 rings (SSSR count). The van der Waals surface area contributed by atoms with Crippen molar-refractivity contribution >= 4 is 11.8 Å². The molecule has 2 amide bonds. The van der Waals surface area contributed by atoms with E-state index in [0.29, 0.717) is 4.90 Å². The second-order valence-electron chi connectivity index (χ2n) is 5.01. The van der Waals surface area contributed by atoms with Gasteiger partial charge in [0, 0.05) is 5.56 Å². The highest BCUT2D eigenvalue weighted by Crippen LogP contribution is 2.35. The lowest BCUT2D eigenvalue weighted by molar-refractivity contribution is -0.138. The van der Waals surface area contributed by atoms with Crippen LogP contribution in [0.15, 0.2) is 42.5 Å². The van der Waals surface area contributed by atoms with Crippen molar-refractivity contribution in [1.82, 2.24) is 4.90 Å². The molecule has 0 fully saturated rings. The first kappa shape index (κ1) is 15.2. The zero-order valence-electron chi connectivity index (χ0n) is 11.5. The van der Waals surface area contributed by atoms with E-state index in [4.69, 9.17) is 0 Å². The molecule has 2 aromatic carbocycles. The maximum absolute atomic E-state index is 13.9. The van der Waals surface area contributed by atoms with Crippen LogP contribution in [-0.4, -0.2) is 16.7 Å². The Hall–Kier alpha value is -2.70. The van der Waals surface area contributed by atoms with Gasteiger partial charge in [0.25, 0.3) is 11.8 Å². The number of benzene rings is 2.